The molecule has 1 unspecified atom stereocenters. The fourth-order valence-corrected chi connectivity index (χ4v) is 4.36. The van der Waals surface area contributed by atoms with Crippen molar-refractivity contribution in [1.29, 1.82) is 0 Å². The zero-order chi connectivity index (χ0) is 23.8. The number of benzene rings is 2. The van der Waals surface area contributed by atoms with Crippen molar-refractivity contribution < 1.29 is 19.1 Å². The highest BCUT2D eigenvalue weighted by Crippen LogP contribution is 2.27. The molecular weight excluding hydrogens is 463 g/mol. The molecule has 0 aromatic heterocycles. The van der Waals surface area contributed by atoms with E-state index in [0.29, 0.717) is 15.8 Å². The van der Waals surface area contributed by atoms with Gasteiger partial charge < -0.3 is 19.7 Å². The predicted molar refractivity (Wildman–Crippen MR) is 130 cm³/mol. The van der Waals surface area contributed by atoms with Crippen LogP contribution in [0.3, 0.4) is 0 Å². The first-order valence-electron chi connectivity index (χ1n) is 11.2. The van der Waals surface area contributed by atoms with Crippen LogP contribution in [0.5, 0.6) is 11.5 Å². The van der Waals surface area contributed by atoms with E-state index in [9.17, 15) is 9.59 Å². The maximum absolute atomic E-state index is 13.2. The van der Waals surface area contributed by atoms with Crippen LogP contribution < -0.4 is 14.8 Å². The number of rotatable bonds is 9. The molecule has 2 amide bonds. The van der Waals surface area contributed by atoms with Gasteiger partial charge in [-0.25, -0.2) is 0 Å². The lowest BCUT2D eigenvalue weighted by Gasteiger charge is -2.31. The average Bonchev–Trinajstić information content (AvgIpc) is 2.82. The summed E-state index contributed by atoms with van der Waals surface area (Å²) in [6.07, 6.45) is 5.38. The topological polar surface area (TPSA) is 67.9 Å². The summed E-state index contributed by atoms with van der Waals surface area (Å²) in [7, 11) is 1.60. The fraction of sp³-hybridized carbons (Fsp3) is 0.440. The molecule has 0 radical (unpaired) electrons. The van der Waals surface area contributed by atoms with Gasteiger partial charge in [0.1, 0.15) is 17.5 Å². The molecule has 178 valence electrons. The summed E-state index contributed by atoms with van der Waals surface area (Å²) in [6.45, 7) is 1.76. The van der Waals surface area contributed by atoms with E-state index in [2.05, 4.69) is 5.32 Å². The van der Waals surface area contributed by atoms with Crippen molar-refractivity contribution in [2.24, 2.45) is 0 Å². The summed E-state index contributed by atoms with van der Waals surface area (Å²) in [5.41, 5.74) is 0.881. The Morgan fingerprint density at radius 2 is 1.79 bits per heavy atom. The zero-order valence-electron chi connectivity index (χ0n) is 19.0. The highest BCUT2D eigenvalue weighted by Gasteiger charge is 2.28. The molecule has 1 fully saturated rings. The van der Waals surface area contributed by atoms with Crippen LogP contribution in [-0.2, 0) is 16.1 Å². The molecule has 0 heterocycles. The van der Waals surface area contributed by atoms with Gasteiger partial charge in [-0.15, -0.1) is 0 Å². The van der Waals surface area contributed by atoms with Crippen molar-refractivity contribution in [2.45, 2.75) is 57.7 Å². The summed E-state index contributed by atoms with van der Waals surface area (Å²) >= 11 is 12.1. The van der Waals surface area contributed by atoms with E-state index in [1.807, 2.05) is 24.3 Å². The smallest absolute Gasteiger partial charge is 0.261 e. The maximum atomic E-state index is 13.2. The second-order valence-corrected chi connectivity index (χ2v) is 9.10. The van der Waals surface area contributed by atoms with Crippen molar-refractivity contribution >= 4 is 35.0 Å². The first kappa shape index (κ1) is 25.2. The molecule has 8 heteroatoms. The second-order valence-electron chi connectivity index (χ2n) is 8.25. The van der Waals surface area contributed by atoms with Crippen LogP contribution in [0.25, 0.3) is 0 Å². The molecule has 3 rings (SSSR count). The van der Waals surface area contributed by atoms with Gasteiger partial charge >= 0.3 is 0 Å². The summed E-state index contributed by atoms with van der Waals surface area (Å²) in [4.78, 5) is 27.7. The van der Waals surface area contributed by atoms with Crippen LogP contribution in [0.1, 0.15) is 44.6 Å². The van der Waals surface area contributed by atoms with Crippen molar-refractivity contribution in [1.82, 2.24) is 10.2 Å². The van der Waals surface area contributed by atoms with Gasteiger partial charge in [-0.05, 0) is 55.7 Å². The largest absolute Gasteiger partial charge is 0.497 e. The number of hydrogen-bond donors (Lipinski definition) is 1. The van der Waals surface area contributed by atoms with E-state index < -0.39 is 6.04 Å². The number of ether oxygens (including phenoxy) is 2. The maximum Gasteiger partial charge on any atom is 0.261 e. The SMILES string of the molecule is COc1ccc(CN(C(=O)COc2ccc(Cl)cc2Cl)C(C)C(=O)NC2CCCCC2)cc1. The molecule has 33 heavy (non-hydrogen) atoms. The standard InChI is InChI=1S/C25H30Cl2N2O4/c1-17(25(31)28-20-6-4-3-5-7-20)29(15-18-8-11-21(32-2)12-9-18)24(30)16-33-23-13-10-19(26)14-22(23)27/h8-14,17,20H,3-7,15-16H2,1-2H3,(H,28,31). The minimum Gasteiger partial charge on any atom is -0.497 e. The average molecular weight is 493 g/mol. The van der Waals surface area contributed by atoms with E-state index >= 15 is 0 Å². The Labute approximate surface area is 205 Å². The van der Waals surface area contributed by atoms with E-state index in [4.69, 9.17) is 32.7 Å². The van der Waals surface area contributed by atoms with Gasteiger partial charge in [0, 0.05) is 17.6 Å². The van der Waals surface area contributed by atoms with Crippen LogP contribution >= 0.6 is 23.2 Å². The lowest BCUT2D eigenvalue weighted by molar-refractivity contribution is -0.142. The normalized spacial score (nSPS) is 14.9. The lowest BCUT2D eigenvalue weighted by Crippen LogP contribution is -2.51. The van der Waals surface area contributed by atoms with Gasteiger partial charge in [-0.3, -0.25) is 9.59 Å². The number of methoxy groups -OCH3 is 1. The molecule has 1 saturated carbocycles. The van der Waals surface area contributed by atoms with Gasteiger partial charge in [0.25, 0.3) is 5.91 Å². The van der Waals surface area contributed by atoms with Gasteiger partial charge in [-0.1, -0.05) is 54.6 Å². The van der Waals surface area contributed by atoms with Gasteiger partial charge in [0.2, 0.25) is 5.91 Å². The molecule has 1 atom stereocenters. The first-order valence-corrected chi connectivity index (χ1v) is 11.9. The van der Waals surface area contributed by atoms with Gasteiger partial charge in [0.05, 0.1) is 12.1 Å². The third-order valence-electron chi connectivity index (χ3n) is 5.88. The van der Waals surface area contributed by atoms with Crippen molar-refractivity contribution in [3.05, 3.63) is 58.1 Å². The Morgan fingerprint density at radius 1 is 1.09 bits per heavy atom. The van der Waals surface area contributed by atoms with Gasteiger partial charge in [0.15, 0.2) is 6.61 Å². The number of hydrogen-bond acceptors (Lipinski definition) is 4. The van der Waals surface area contributed by atoms with Crippen molar-refractivity contribution in [3.63, 3.8) is 0 Å². The van der Waals surface area contributed by atoms with Crippen molar-refractivity contribution in [3.8, 4) is 11.5 Å². The van der Waals surface area contributed by atoms with Gasteiger partial charge in [-0.2, -0.15) is 0 Å². The Kier molecular flexibility index (Phi) is 9.27. The lowest BCUT2D eigenvalue weighted by atomic mass is 9.95. The van der Waals surface area contributed by atoms with Crippen LogP contribution in [0.2, 0.25) is 10.0 Å². The number of carbonyl (C=O) groups excluding carboxylic acids is 2. The molecule has 1 aliphatic carbocycles. The molecular formula is C25H30Cl2N2O4. The summed E-state index contributed by atoms with van der Waals surface area (Å²) in [5.74, 6) is 0.606. The molecule has 0 aliphatic heterocycles. The van der Waals surface area contributed by atoms with E-state index in [0.717, 1.165) is 37.0 Å². The predicted octanol–water partition coefficient (Wildman–Crippen LogP) is 5.25. The molecule has 0 bridgehead atoms. The Morgan fingerprint density at radius 3 is 2.42 bits per heavy atom. The molecule has 0 spiro atoms. The molecule has 1 N–H and O–H groups in total. The fourth-order valence-electron chi connectivity index (χ4n) is 3.89. The van der Waals surface area contributed by atoms with Crippen LogP contribution in [0.4, 0.5) is 0 Å². The van der Waals surface area contributed by atoms with E-state index in [1.165, 1.54) is 11.3 Å². The van der Waals surface area contributed by atoms with E-state index in [1.54, 1.807) is 32.2 Å². The Bertz CT molecular complexity index is 946. The monoisotopic (exact) mass is 492 g/mol. The zero-order valence-corrected chi connectivity index (χ0v) is 20.5. The molecule has 6 nitrogen and oxygen atoms in total. The summed E-state index contributed by atoms with van der Waals surface area (Å²) in [5, 5.41) is 3.92. The number of nitrogens with zero attached hydrogens (tertiary/aromatic N) is 1. The Hall–Kier alpha value is -2.44. The first-order chi connectivity index (χ1) is 15.9. The highest BCUT2D eigenvalue weighted by atomic mass is 35.5. The quantitative estimate of drug-likeness (QED) is 0.519. The number of nitrogens with one attached hydrogen (secondary N) is 1. The van der Waals surface area contributed by atoms with Crippen molar-refractivity contribution in [2.75, 3.05) is 13.7 Å². The van der Waals surface area contributed by atoms with Crippen LogP contribution in [0, 0.1) is 0 Å². The molecule has 0 saturated heterocycles. The Balaban J connectivity index is 1.72. The van der Waals surface area contributed by atoms with E-state index in [-0.39, 0.29) is 31.0 Å². The third-order valence-corrected chi connectivity index (χ3v) is 6.41. The summed E-state index contributed by atoms with van der Waals surface area (Å²) in [6, 6.07) is 11.7. The molecule has 1 aliphatic rings. The minimum atomic E-state index is -0.661. The second kappa shape index (κ2) is 12.1. The number of amides is 2. The van der Waals surface area contributed by atoms with Crippen LogP contribution in [-0.4, -0.2) is 42.5 Å². The third kappa shape index (κ3) is 7.27. The number of halogens is 2. The van der Waals surface area contributed by atoms with Crippen LogP contribution in [0.15, 0.2) is 42.5 Å². The number of carbonyl (C=O) groups is 2. The molecule has 2 aromatic rings. The highest BCUT2D eigenvalue weighted by molar-refractivity contribution is 6.35. The molecule has 2 aromatic carbocycles. The minimum absolute atomic E-state index is 0.159. The summed E-state index contributed by atoms with van der Waals surface area (Å²) < 4.78 is 10.9.